The van der Waals surface area contributed by atoms with Crippen molar-refractivity contribution in [2.75, 3.05) is 0 Å². The number of aliphatic hydroxyl groups excluding tert-OH is 3. The van der Waals surface area contributed by atoms with Crippen molar-refractivity contribution in [2.45, 2.75) is 58.0 Å². The molecule has 0 saturated heterocycles. The van der Waals surface area contributed by atoms with Crippen molar-refractivity contribution >= 4 is 0 Å². The minimum atomic E-state index is -1.30. The molecule has 1 rings (SSSR count). The molecule has 0 spiro atoms. The smallest absolute Gasteiger partial charge is 0.0946 e. The first-order valence-electron chi connectivity index (χ1n) is 6.05. The van der Waals surface area contributed by atoms with Crippen molar-refractivity contribution in [2.24, 2.45) is 11.3 Å². The summed E-state index contributed by atoms with van der Waals surface area (Å²) in [5.74, 6) is -0.414. The molecule has 0 aliphatic heterocycles. The largest absolute Gasteiger partial charge is 0.392 e. The summed E-state index contributed by atoms with van der Waals surface area (Å²) in [7, 11) is 0. The summed E-state index contributed by atoms with van der Waals surface area (Å²) in [4.78, 5) is 0. The zero-order valence-electron chi connectivity index (χ0n) is 11.0. The van der Waals surface area contributed by atoms with Crippen molar-refractivity contribution in [3.05, 3.63) is 12.2 Å². The van der Waals surface area contributed by atoms with E-state index in [1.807, 2.05) is 13.8 Å². The summed E-state index contributed by atoms with van der Waals surface area (Å²) >= 11 is 0. The molecule has 0 radical (unpaired) electrons. The van der Waals surface area contributed by atoms with Crippen molar-refractivity contribution < 1.29 is 20.4 Å². The van der Waals surface area contributed by atoms with Gasteiger partial charge in [0, 0.05) is 12.3 Å². The van der Waals surface area contributed by atoms with Crippen LogP contribution in [0.2, 0.25) is 0 Å². The van der Waals surface area contributed by atoms with Gasteiger partial charge in [0.15, 0.2) is 0 Å². The topological polar surface area (TPSA) is 80.9 Å². The van der Waals surface area contributed by atoms with E-state index < -0.39 is 35.2 Å². The summed E-state index contributed by atoms with van der Waals surface area (Å²) in [6.07, 6.45) is 1.18. The van der Waals surface area contributed by atoms with Crippen LogP contribution in [0.1, 0.15) is 34.1 Å². The van der Waals surface area contributed by atoms with Crippen LogP contribution in [0, 0.1) is 11.3 Å². The Morgan fingerprint density at radius 3 is 2.18 bits per heavy atom. The van der Waals surface area contributed by atoms with Crippen LogP contribution in [0.4, 0.5) is 0 Å². The third-order valence-corrected chi connectivity index (χ3v) is 3.99. The number of rotatable bonds is 2. The Hall–Kier alpha value is -0.420. The minimum absolute atomic E-state index is 0.166. The summed E-state index contributed by atoms with van der Waals surface area (Å²) in [6, 6.07) is 0. The average Bonchev–Trinajstić information content (AvgIpc) is 2.14. The lowest BCUT2D eigenvalue weighted by Crippen LogP contribution is -2.60. The van der Waals surface area contributed by atoms with Crippen LogP contribution >= 0.6 is 0 Å². The van der Waals surface area contributed by atoms with Crippen molar-refractivity contribution in [1.29, 1.82) is 0 Å². The van der Waals surface area contributed by atoms with Crippen LogP contribution in [-0.2, 0) is 0 Å². The Bertz CT molecular complexity index is 274. The van der Waals surface area contributed by atoms with Gasteiger partial charge in [0.25, 0.3) is 0 Å². The lowest BCUT2D eigenvalue weighted by atomic mass is 9.59. The van der Waals surface area contributed by atoms with Crippen LogP contribution in [0.25, 0.3) is 0 Å². The Morgan fingerprint density at radius 2 is 1.71 bits per heavy atom. The van der Waals surface area contributed by atoms with Crippen LogP contribution in [0.5, 0.6) is 0 Å². The van der Waals surface area contributed by atoms with Gasteiger partial charge < -0.3 is 20.4 Å². The molecular weight excluding hydrogens is 220 g/mol. The molecule has 4 N–H and O–H groups in total. The fourth-order valence-corrected chi connectivity index (χ4v) is 2.64. The normalized spacial score (nSPS) is 43.9. The molecule has 17 heavy (non-hydrogen) atoms. The molecule has 0 aromatic heterocycles. The van der Waals surface area contributed by atoms with Crippen LogP contribution in [-0.4, -0.2) is 44.3 Å². The summed E-state index contributed by atoms with van der Waals surface area (Å²) in [5, 5.41) is 39.5. The second-order valence-electron chi connectivity index (χ2n) is 5.92. The van der Waals surface area contributed by atoms with E-state index in [4.69, 9.17) is 0 Å². The molecule has 0 aromatic carbocycles. The molecule has 5 unspecified atom stereocenters. The molecule has 1 saturated carbocycles. The minimum Gasteiger partial charge on any atom is -0.392 e. The van der Waals surface area contributed by atoms with Gasteiger partial charge in [0.05, 0.1) is 23.9 Å². The third kappa shape index (κ3) is 2.71. The van der Waals surface area contributed by atoms with Gasteiger partial charge in [-0.3, -0.25) is 0 Å². The van der Waals surface area contributed by atoms with Gasteiger partial charge in [0.2, 0.25) is 0 Å². The maximum atomic E-state index is 10.4. The molecule has 4 nitrogen and oxygen atoms in total. The van der Waals surface area contributed by atoms with E-state index in [1.54, 1.807) is 26.0 Å². The predicted octanol–water partition coefficient (Wildman–Crippen LogP) is 0.442. The quantitative estimate of drug-likeness (QED) is 0.531. The standard InChI is InChI=1S/C13H24O4/c1-8(14)5-6-9-12(2,3)10(15)7-11(16)13(9,4)17/h5-6,8-11,14-17H,7H2,1-4H3. The summed E-state index contributed by atoms with van der Waals surface area (Å²) < 4.78 is 0. The van der Waals surface area contributed by atoms with Gasteiger partial charge in [-0.05, 0) is 19.3 Å². The molecular formula is C13H24O4. The molecule has 1 aliphatic rings. The second kappa shape index (κ2) is 4.69. The van der Waals surface area contributed by atoms with Crippen molar-refractivity contribution in [3.63, 3.8) is 0 Å². The highest BCUT2D eigenvalue weighted by atomic mass is 16.3. The van der Waals surface area contributed by atoms with Gasteiger partial charge >= 0.3 is 0 Å². The SMILES string of the molecule is CC(O)C=CC1C(C)(C)C(O)CC(O)C1(C)O. The lowest BCUT2D eigenvalue weighted by molar-refractivity contribution is -0.187. The van der Waals surface area contributed by atoms with Crippen molar-refractivity contribution in [1.82, 2.24) is 0 Å². The molecule has 1 aliphatic carbocycles. The van der Waals surface area contributed by atoms with Crippen LogP contribution in [0.15, 0.2) is 12.2 Å². The Labute approximate surface area is 103 Å². The Morgan fingerprint density at radius 1 is 1.18 bits per heavy atom. The Kier molecular flexibility index (Phi) is 4.04. The predicted molar refractivity (Wildman–Crippen MR) is 65.3 cm³/mol. The fourth-order valence-electron chi connectivity index (χ4n) is 2.64. The first-order chi connectivity index (χ1) is 7.60. The summed E-state index contributed by atoms with van der Waals surface area (Å²) in [6.45, 7) is 6.90. The number of hydrogen-bond donors (Lipinski definition) is 4. The molecule has 0 bridgehead atoms. The van der Waals surface area contributed by atoms with Crippen LogP contribution in [0.3, 0.4) is 0 Å². The van der Waals surface area contributed by atoms with Gasteiger partial charge in [0.1, 0.15) is 0 Å². The summed E-state index contributed by atoms with van der Waals surface area (Å²) in [5.41, 5.74) is -1.84. The van der Waals surface area contributed by atoms with E-state index in [0.29, 0.717) is 0 Å². The molecule has 0 heterocycles. The zero-order chi connectivity index (χ0) is 13.4. The highest BCUT2D eigenvalue weighted by Crippen LogP contribution is 2.47. The molecule has 0 amide bonds. The van der Waals surface area contributed by atoms with Crippen LogP contribution < -0.4 is 0 Å². The molecule has 1 fully saturated rings. The maximum Gasteiger partial charge on any atom is 0.0946 e. The fraction of sp³-hybridized carbons (Fsp3) is 0.846. The van der Waals surface area contributed by atoms with E-state index in [0.717, 1.165) is 0 Å². The zero-order valence-corrected chi connectivity index (χ0v) is 11.0. The van der Waals surface area contributed by atoms with E-state index in [9.17, 15) is 20.4 Å². The second-order valence-corrected chi connectivity index (χ2v) is 5.92. The van der Waals surface area contributed by atoms with Gasteiger partial charge in [-0.15, -0.1) is 0 Å². The molecule has 4 heteroatoms. The van der Waals surface area contributed by atoms with Crippen molar-refractivity contribution in [3.8, 4) is 0 Å². The van der Waals surface area contributed by atoms with Gasteiger partial charge in [-0.2, -0.15) is 0 Å². The van der Waals surface area contributed by atoms with E-state index in [2.05, 4.69) is 0 Å². The van der Waals surface area contributed by atoms with E-state index in [-0.39, 0.29) is 6.42 Å². The van der Waals surface area contributed by atoms with Gasteiger partial charge in [-0.25, -0.2) is 0 Å². The highest BCUT2D eigenvalue weighted by molar-refractivity contribution is 5.12. The number of aliphatic hydroxyl groups is 4. The molecule has 100 valence electrons. The third-order valence-electron chi connectivity index (χ3n) is 3.99. The average molecular weight is 244 g/mol. The molecule has 5 atom stereocenters. The number of hydrogen-bond acceptors (Lipinski definition) is 4. The van der Waals surface area contributed by atoms with E-state index in [1.165, 1.54) is 0 Å². The first-order valence-corrected chi connectivity index (χ1v) is 6.05. The van der Waals surface area contributed by atoms with E-state index >= 15 is 0 Å². The lowest BCUT2D eigenvalue weighted by Gasteiger charge is -2.51. The first kappa shape index (κ1) is 14.6. The maximum absolute atomic E-state index is 10.4. The monoisotopic (exact) mass is 244 g/mol. The van der Waals surface area contributed by atoms with Gasteiger partial charge in [-0.1, -0.05) is 26.0 Å². The highest BCUT2D eigenvalue weighted by Gasteiger charge is 2.53. The molecule has 0 aromatic rings. The Balaban J connectivity index is 3.07.